The molecule has 0 aliphatic rings. The Balaban J connectivity index is 2.13. The number of hydrogen-bond acceptors (Lipinski definition) is 4. The second-order valence-electron chi connectivity index (χ2n) is 5.81. The minimum Gasteiger partial charge on any atom is -0.493 e. The molecule has 5 nitrogen and oxygen atoms in total. The average Bonchev–Trinajstić information content (AvgIpc) is 3.06. The molecule has 0 aliphatic carbocycles. The number of nitrogens with zero attached hydrogens (tertiary/aromatic N) is 3. The quantitative estimate of drug-likeness (QED) is 0.503. The summed E-state index contributed by atoms with van der Waals surface area (Å²) in [7, 11) is 1.60. The van der Waals surface area contributed by atoms with E-state index in [1.54, 1.807) is 7.11 Å². The van der Waals surface area contributed by atoms with Crippen LogP contribution < -0.4 is 9.47 Å². The number of nitriles is 1. The molecular weight excluding hydrogens is 406 g/mol. The topological polar surface area (TPSA) is 60.1 Å². The highest BCUT2D eigenvalue weighted by molar-refractivity contribution is 9.10. The summed E-state index contributed by atoms with van der Waals surface area (Å²) in [5, 5.41) is 9.78. The van der Waals surface area contributed by atoms with Gasteiger partial charge in [-0.1, -0.05) is 12.1 Å². The zero-order valence-corrected chi connectivity index (χ0v) is 17.1. The first-order chi connectivity index (χ1) is 13.1. The number of rotatable bonds is 6. The van der Waals surface area contributed by atoms with Crippen molar-refractivity contribution in [3.63, 3.8) is 0 Å². The van der Waals surface area contributed by atoms with Gasteiger partial charge in [0.2, 0.25) is 0 Å². The van der Waals surface area contributed by atoms with Gasteiger partial charge in [-0.25, -0.2) is 4.98 Å². The molecule has 6 heteroatoms. The minimum absolute atomic E-state index is 0.492. The molecular formula is C21H20BrN3O2. The highest BCUT2D eigenvalue weighted by Gasteiger charge is 2.15. The van der Waals surface area contributed by atoms with Crippen LogP contribution in [0.2, 0.25) is 0 Å². The van der Waals surface area contributed by atoms with Gasteiger partial charge in [0.1, 0.15) is 6.07 Å². The van der Waals surface area contributed by atoms with Crippen LogP contribution >= 0.6 is 15.9 Å². The van der Waals surface area contributed by atoms with Gasteiger partial charge in [0.15, 0.2) is 17.3 Å². The first-order valence-electron chi connectivity index (χ1n) is 8.70. The SMILES string of the molecule is CCOc1c(Br)cc(/C=C(/C#N)c2nc3ccccc3n2CC)cc1OC. The number of hydrogen-bond donors (Lipinski definition) is 0. The predicted molar refractivity (Wildman–Crippen MR) is 111 cm³/mol. The van der Waals surface area contributed by atoms with Crippen LogP contribution in [-0.4, -0.2) is 23.3 Å². The molecule has 138 valence electrons. The van der Waals surface area contributed by atoms with Crippen molar-refractivity contribution in [1.29, 1.82) is 5.26 Å². The largest absolute Gasteiger partial charge is 0.493 e. The van der Waals surface area contributed by atoms with Crippen molar-refractivity contribution in [2.45, 2.75) is 20.4 Å². The zero-order chi connectivity index (χ0) is 19.4. The third kappa shape index (κ3) is 3.69. The van der Waals surface area contributed by atoms with Crippen LogP contribution in [0.1, 0.15) is 25.2 Å². The van der Waals surface area contributed by atoms with Gasteiger partial charge in [-0.05, 0) is 65.7 Å². The van der Waals surface area contributed by atoms with E-state index in [9.17, 15) is 5.26 Å². The van der Waals surface area contributed by atoms with Crippen molar-refractivity contribution >= 4 is 38.6 Å². The van der Waals surface area contributed by atoms with Crippen LogP contribution in [0, 0.1) is 11.3 Å². The summed E-state index contributed by atoms with van der Waals surface area (Å²) in [6.07, 6.45) is 1.82. The molecule has 0 radical (unpaired) electrons. The molecule has 1 heterocycles. The molecule has 0 fully saturated rings. The number of methoxy groups -OCH3 is 1. The molecule has 1 aromatic heterocycles. The van der Waals surface area contributed by atoms with Crippen molar-refractivity contribution in [3.05, 3.63) is 52.3 Å². The Morgan fingerprint density at radius 2 is 2.07 bits per heavy atom. The van der Waals surface area contributed by atoms with Gasteiger partial charge in [-0.2, -0.15) is 5.26 Å². The predicted octanol–water partition coefficient (Wildman–Crippen LogP) is 5.29. The second kappa shape index (κ2) is 8.28. The summed E-state index contributed by atoms with van der Waals surface area (Å²) in [4.78, 5) is 4.67. The Labute approximate surface area is 167 Å². The first-order valence-corrected chi connectivity index (χ1v) is 9.50. The molecule has 2 aromatic carbocycles. The normalized spacial score (nSPS) is 11.4. The number of fused-ring (bicyclic) bond motifs is 1. The van der Waals surface area contributed by atoms with Crippen molar-refractivity contribution in [3.8, 4) is 17.6 Å². The molecule has 3 aromatic rings. The summed E-state index contributed by atoms with van der Waals surface area (Å²) >= 11 is 3.53. The lowest BCUT2D eigenvalue weighted by molar-refractivity contribution is 0.309. The molecule has 0 amide bonds. The maximum atomic E-state index is 9.78. The Hall–Kier alpha value is -2.78. The van der Waals surface area contributed by atoms with E-state index < -0.39 is 0 Å². The molecule has 27 heavy (non-hydrogen) atoms. The Morgan fingerprint density at radius 3 is 2.74 bits per heavy atom. The molecule has 0 atom stereocenters. The Morgan fingerprint density at radius 1 is 1.30 bits per heavy atom. The van der Waals surface area contributed by atoms with Crippen LogP contribution in [0.3, 0.4) is 0 Å². The van der Waals surface area contributed by atoms with Gasteiger partial charge in [-0.3, -0.25) is 0 Å². The van der Waals surface area contributed by atoms with Crippen molar-refractivity contribution in [2.75, 3.05) is 13.7 Å². The standard InChI is InChI=1S/C21H20BrN3O2/c1-4-25-18-9-7-6-8-17(18)24-21(25)15(13-23)10-14-11-16(22)20(27-5-2)19(12-14)26-3/h6-12H,4-5H2,1-3H3/b15-10-. The first kappa shape index (κ1) is 19.0. The fraction of sp³-hybridized carbons (Fsp3) is 0.238. The Kier molecular flexibility index (Phi) is 5.82. The summed E-state index contributed by atoms with van der Waals surface area (Å²) in [5.41, 5.74) is 3.21. The lowest BCUT2D eigenvalue weighted by Crippen LogP contribution is -2.00. The van der Waals surface area contributed by atoms with Crippen molar-refractivity contribution in [1.82, 2.24) is 9.55 Å². The molecule has 0 unspecified atom stereocenters. The molecule has 0 saturated heterocycles. The van der Waals surface area contributed by atoms with Crippen LogP contribution in [0.25, 0.3) is 22.7 Å². The van der Waals surface area contributed by atoms with Gasteiger partial charge in [0.05, 0.1) is 34.8 Å². The molecule has 3 rings (SSSR count). The molecule has 0 bridgehead atoms. The molecule has 0 saturated carbocycles. The zero-order valence-electron chi connectivity index (χ0n) is 15.5. The van der Waals surface area contributed by atoms with E-state index in [-0.39, 0.29) is 0 Å². The molecule has 0 aliphatic heterocycles. The van der Waals surface area contributed by atoms with E-state index in [4.69, 9.17) is 9.47 Å². The third-order valence-electron chi connectivity index (χ3n) is 4.18. The highest BCUT2D eigenvalue weighted by Crippen LogP contribution is 2.37. The van der Waals surface area contributed by atoms with Crippen LogP contribution in [0.5, 0.6) is 11.5 Å². The van der Waals surface area contributed by atoms with Gasteiger partial charge in [-0.15, -0.1) is 0 Å². The summed E-state index contributed by atoms with van der Waals surface area (Å²) in [5.74, 6) is 1.92. The van der Waals surface area contributed by atoms with Gasteiger partial charge >= 0.3 is 0 Å². The Bertz CT molecular complexity index is 1050. The van der Waals surface area contributed by atoms with E-state index in [0.717, 1.165) is 27.6 Å². The van der Waals surface area contributed by atoms with E-state index >= 15 is 0 Å². The number of halogens is 1. The van der Waals surface area contributed by atoms with E-state index in [2.05, 4.69) is 27.0 Å². The summed E-state index contributed by atoms with van der Waals surface area (Å²) < 4.78 is 13.9. The number of imidazole rings is 1. The lowest BCUT2D eigenvalue weighted by atomic mass is 10.1. The maximum absolute atomic E-state index is 9.78. The fourth-order valence-electron chi connectivity index (χ4n) is 3.02. The smallest absolute Gasteiger partial charge is 0.175 e. The lowest BCUT2D eigenvalue weighted by Gasteiger charge is -2.12. The van der Waals surface area contributed by atoms with E-state index in [1.807, 2.05) is 60.9 Å². The number of aryl methyl sites for hydroxylation is 1. The van der Waals surface area contributed by atoms with Crippen molar-refractivity contribution < 1.29 is 9.47 Å². The van der Waals surface area contributed by atoms with Gasteiger partial charge in [0.25, 0.3) is 0 Å². The summed E-state index contributed by atoms with van der Waals surface area (Å²) in [6.45, 7) is 5.23. The minimum atomic E-state index is 0.492. The number of allylic oxidation sites excluding steroid dienone is 1. The van der Waals surface area contributed by atoms with E-state index in [0.29, 0.717) is 29.5 Å². The van der Waals surface area contributed by atoms with Crippen LogP contribution in [-0.2, 0) is 6.54 Å². The number of para-hydroxylation sites is 2. The number of aromatic nitrogens is 2. The number of ether oxygens (including phenoxy) is 2. The maximum Gasteiger partial charge on any atom is 0.175 e. The second-order valence-corrected chi connectivity index (χ2v) is 6.66. The van der Waals surface area contributed by atoms with Crippen molar-refractivity contribution in [2.24, 2.45) is 0 Å². The fourth-order valence-corrected chi connectivity index (χ4v) is 3.60. The van der Waals surface area contributed by atoms with Crippen LogP contribution in [0.4, 0.5) is 0 Å². The van der Waals surface area contributed by atoms with Gasteiger partial charge < -0.3 is 14.0 Å². The average molecular weight is 426 g/mol. The van der Waals surface area contributed by atoms with Crippen LogP contribution in [0.15, 0.2) is 40.9 Å². The number of benzene rings is 2. The molecule has 0 N–H and O–H groups in total. The monoisotopic (exact) mass is 425 g/mol. The third-order valence-corrected chi connectivity index (χ3v) is 4.77. The van der Waals surface area contributed by atoms with E-state index in [1.165, 1.54) is 0 Å². The van der Waals surface area contributed by atoms with Gasteiger partial charge in [0, 0.05) is 6.54 Å². The highest BCUT2D eigenvalue weighted by atomic mass is 79.9. The summed E-state index contributed by atoms with van der Waals surface area (Å²) in [6, 6.07) is 13.9. The molecule has 0 spiro atoms.